The van der Waals surface area contributed by atoms with E-state index in [9.17, 15) is 0 Å². The summed E-state index contributed by atoms with van der Waals surface area (Å²) in [6.45, 7) is 0.950. The summed E-state index contributed by atoms with van der Waals surface area (Å²) in [7, 11) is 0. The van der Waals surface area contributed by atoms with Gasteiger partial charge < -0.3 is 10.5 Å². The normalized spacial score (nSPS) is 10.7. The van der Waals surface area contributed by atoms with E-state index >= 15 is 0 Å². The molecule has 1 aromatic heterocycles. The Bertz CT molecular complexity index is 711. The first kappa shape index (κ1) is 12.6. The van der Waals surface area contributed by atoms with Crippen molar-refractivity contribution in [2.45, 2.75) is 13.2 Å². The molecule has 2 N–H and O–H groups in total. The van der Waals surface area contributed by atoms with E-state index in [1.54, 1.807) is 0 Å². The summed E-state index contributed by atoms with van der Waals surface area (Å²) in [5.74, 6) is 0.833. The average Bonchev–Trinajstić information content (AvgIpc) is 2.53. The van der Waals surface area contributed by atoms with Crippen molar-refractivity contribution in [1.82, 2.24) is 4.98 Å². The Balaban J connectivity index is 1.93. The van der Waals surface area contributed by atoms with Gasteiger partial charge in [0.15, 0.2) is 0 Å². The monoisotopic (exact) mass is 264 g/mol. The van der Waals surface area contributed by atoms with Crippen LogP contribution in [0, 0.1) is 0 Å². The third kappa shape index (κ3) is 2.63. The van der Waals surface area contributed by atoms with Crippen LogP contribution in [0.1, 0.15) is 11.3 Å². The molecule has 0 atom stereocenters. The summed E-state index contributed by atoms with van der Waals surface area (Å²) in [6.07, 6.45) is 0. The quantitative estimate of drug-likeness (QED) is 0.786. The highest BCUT2D eigenvalue weighted by Crippen LogP contribution is 2.26. The van der Waals surface area contributed by atoms with Crippen LogP contribution < -0.4 is 10.5 Å². The Morgan fingerprint density at radius 1 is 0.950 bits per heavy atom. The number of hydrogen-bond donors (Lipinski definition) is 1. The van der Waals surface area contributed by atoms with Crippen LogP contribution in [0.5, 0.6) is 5.75 Å². The van der Waals surface area contributed by atoms with Gasteiger partial charge >= 0.3 is 0 Å². The highest BCUT2D eigenvalue weighted by molar-refractivity contribution is 5.85. The van der Waals surface area contributed by atoms with Gasteiger partial charge in [0.25, 0.3) is 0 Å². The van der Waals surface area contributed by atoms with Crippen molar-refractivity contribution < 1.29 is 4.74 Å². The van der Waals surface area contributed by atoms with E-state index in [1.807, 2.05) is 60.7 Å². The lowest BCUT2D eigenvalue weighted by Crippen LogP contribution is -2.02. The van der Waals surface area contributed by atoms with Crippen LogP contribution in [0.15, 0.2) is 60.7 Å². The van der Waals surface area contributed by atoms with Crippen LogP contribution in [0.2, 0.25) is 0 Å². The van der Waals surface area contributed by atoms with Crippen LogP contribution in [-0.4, -0.2) is 4.98 Å². The van der Waals surface area contributed by atoms with Crippen molar-refractivity contribution in [1.29, 1.82) is 0 Å². The molecule has 2 aromatic carbocycles. The van der Waals surface area contributed by atoms with Gasteiger partial charge in [-0.1, -0.05) is 42.5 Å². The Morgan fingerprint density at radius 2 is 1.70 bits per heavy atom. The third-order valence-corrected chi connectivity index (χ3v) is 3.18. The van der Waals surface area contributed by atoms with Gasteiger partial charge in [-0.25, -0.2) is 0 Å². The van der Waals surface area contributed by atoms with Gasteiger partial charge in [0, 0.05) is 18.0 Å². The van der Waals surface area contributed by atoms with E-state index in [0.717, 1.165) is 27.9 Å². The predicted molar refractivity (Wildman–Crippen MR) is 80.4 cm³/mol. The minimum Gasteiger partial charge on any atom is -0.488 e. The lowest BCUT2D eigenvalue weighted by Gasteiger charge is -2.11. The van der Waals surface area contributed by atoms with E-state index in [2.05, 4.69) is 4.98 Å². The van der Waals surface area contributed by atoms with Gasteiger partial charge in [0.2, 0.25) is 0 Å². The van der Waals surface area contributed by atoms with Crippen molar-refractivity contribution in [3.63, 3.8) is 0 Å². The maximum absolute atomic E-state index is 5.95. The molecular formula is C17H16N2O. The zero-order valence-corrected chi connectivity index (χ0v) is 11.1. The smallest absolute Gasteiger partial charge is 0.131 e. The zero-order valence-electron chi connectivity index (χ0n) is 11.1. The minimum absolute atomic E-state index is 0.409. The van der Waals surface area contributed by atoms with E-state index in [1.165, 1.54) is 0 Å². The number of para-hydroxylation sites is 1. The van der Waals surface area contributed by atoms with E-state index in [4.69, 9.17) is 10.5 Å². The molecule has 3 nitrogen and oxygen atoms in total. The van der Waals surface area contributed by atoms with Crippen LogP contribution in [0.25, 0.3) is 10.9 Å². The molecule has 0 aliphatic heterocycles. The Morgan fingerprint density at radius 3 is 2.50 bits per heavy atom. The van der Waals surface area contributed by atoms with Crippen LogP contribution in [-0.2, 0) is 13.2 Å². The molecule has 0 aliphatic rings. The molecule has 3 heteroatoms. The second kappa shape index (κ2) is 5.72. The fourth-order valence-corrected chi connectivity index (χ4v) is 2.15. The van der Waals surface area contributed by atoms with Crippen molar-refractivity contribution >= 4 is 10.9 Å². The Kier molecular flexibility index (Phi) is 3.61. The van der Waals surface area contributed by atoms with Gasteiger partial charge in [0.05, 0.1) is 11.2 Å². The summed E-state index contributed by atoms with van der Waals surface area (Å²) < 4.78 is 5.95. The van der Waals surface area contributed by atoms with Crippen molar-refractivity contribution in [3.8, 4) is 5.75 Å². The number of rotatable bonds is 4. The van der Waals surface area contributed by atoms with E-state index in [-0.39, 0.29) is 0 Å². The molecule has 100 valence electrons. The molecule has 0 unspecified atom stereocenters. The van der Waals surface area contributed by atoms with Gasteiger partial charge in [-0.2, -0.15) is 0 Å². The van der Waals surface area contributed by atoms with Crippen molar-refractivity contribution in [2.75, 3.05) is 0 Å². The molecule has 0 amide bonds. The molecule has 3 aromatic rings. The number of ether oxygens (including phenoxy) is 1. The zero-order chi connectivity index (χ0) is 13.8. The summed E-state index contributed by atoms with van der Waals surface area (Å²) >= 11 is 0. The molecular weight excluding hydrogens is 248 g/mol. The van der Waals surface area contributed by atoms with Gasteiger partial charge in [0.1, 0.15) is 12.4 Å². The highest BCUT2D eigenvalue weighted by Gasteiger charge is 2.06. The largest absolute Gasteiger partial charge is 0.488 e. The molecule has 0 spiro atoms. The summed E-state index contributed by atoms with van der Waals surface area (Å²) in [4.78, 5) is 4.50. The lowest BCUT2D eigenvalue weighted by atomic mass is 10.1. The number of fused-ring (bicyclic) bond motifs is 1. The molecule has 0 radical (unpaired) electrons. The second-order valence-corrected chi connectivity index (χ2v) is 4.61. The first-order valence-electron chi connectivity index (χ1n) is 6.62. The Hall–Kier alpha value is -2.39. The average molecular weight is 264 g/mol. The SMILES string of the molecule is NCc1cc(OCc2ccccc2)c2ccccc2n1. The van der Waals surface area contributed by atoms with Crippen molar-refractivity contribution in [3.05, 3.63) is 71.9 Å². The molecule has 0 saturated heterocycles. The molecule has 0 fully saturated rings. The number of nitrogens with two attached hydrogens (primary N) is 1. The number of pyridine rings is 1. The summed E-state index contributed by atoms with van der Waals surface area (Å²) in [5, 5.41) is 1.01. The molecule has 0 bridgehead atoms. The fourth-order valence-electron chi connectivity index (χ4n) is 2.15. The van der Waals surface area contributed by atoms with E-state index < -0.39 is 0 Å². The Labute approximate surface area is 118 Å². The number of nitrogens with zero attached hydrogens (tertiary/aromatic N) is 1. The number of aromatic nitrogens is 1. The van der Waals surface area contributed by atoms with Gasteiger partial charge in [-0.15, -0.1) is 0 Å². The van der Waals surface area contributed by atoms with Crippen molar-refractivity contribution in [2.24, 2.45) is 5.73 Å². The summed E-state index contributed by atoms with van der Waals surface area (Å²) in [5.41, 5.74) is 8.60. The second-order valence-electron chi connectivity index (χ2n) is 4.61. The van der Waals surface area contributed by atoms with Gasteiger partial charge in [-0.3, -0.25) is 4.98 Å². The van der Waals surface area contributed by atoms with Crippen LogP contribution in [0.3, 0.4) is 0 Å². The first-order chi connectivity index (χ1) is 9.86. The maximum Gasteiger partial charge on any atom is 0.131 e. The molecule has 20 heavy (non-hydrogen) atoms. The van der Waals surface area contributed by atoms with Gasteiger partial charge in [-0.05, 0) is 17.7 Å². The van der Waals surface area contributed by atoms with E-state index in [0.29, 0.717) is 13.2 Å². The molecule has 0 aliphatic carbocycles. The molecule has 3 rings (SSSR count). The number of benzene rings is 2. The predicted octanol–water partition coefficient (Wildman–Crippen LogP) is 3.27. The lowest BCUT2D eigenvalue weighted by molar-refractivity contribution is 0.309. The molecule has 0 saturated carbocycles. The minimum atomic E-state index is 0.409. The third-order valence-electron chi connectivity index (χ3n) is 3.18. The molecule has 1 heterocycles. The number of hydrogen-bond acceptors (Lipinski definition) is 3. The highest BCUT2D eigenvalue weighted by atomic mass is 16.5. The fraction of sp³-hybridized carbons (Fsp3) is 0.118. The van der Waals surface area contributed by atoms with Crippen LogP contribution in [0.4, 0.5) is 0 Å². The van der Waals surface area contributed by atoms with Crippen LogP contribution >= 0.6 is 0 Å². The standard InChI is InChI=1S/C17H16N2O/c18-11-14-10-17(15-8-4-5-9-16(15)19-14)20-12-13-6-2-1-3-7-13/h1-10H,11-12,18H2. The summed E-state index contributed by atoms with van der Waals surface area (Å²) in [6, 6.07) is 20.0. The maximum atomic E-state index is 5.95. The topological polar surface area (TPSA) is 48.1 Å². The first-order valence-corrected chi connectivity index (χ1v) is 6.62.